The summed E-state index contributed by atoms with van der Waals surface area (Å²) >= 11 is 0. The monoisotopic (exact) mass is 463 g/mol. The highest BCUT2D eigenvalue weighted by molar-refractivity contribution is 7.90. The van der Waals surface area contributed by atoms with Gasteiger partial charge in [-0.15, -0.1) is 0 Å². The standard InChI is InChI=1S/C25H21NO6S/c1-31-20-10-14-23-17(15-20)5-13-22(16-3-11-21(12-4-16)33(2,29)30)24(23)32-19-8-6-18(7-9-19)26-25(27)28/h3-15,26H,1-2H3,(H,27,28). The number of sulfone groups is 1. The van der Waals surface area contributed by atoms with Gasteiger partial charge in [0, 0.05) is 22.9 Å². The zero-order valence-electron chi connectivity index (χ0n) is 17.9. The van der Waals surface area contributed by atoms with Crippen molar-refractivity contribution in [2.24, 2.45) is 0 Å². The molecule has 0 saturated heterocycles. The van der Waals surface area contributed by atoms with Crippen molar-refractivity contribution in [3.8, 4) is 28.4 Å². The first-order valence-electron chi connectivity index (χ1n) is 9.94. The van der Waals surface area contributed by atoms with E-state index in [1.807, 2.05) is 30.3 Å². The first-order chi connectivity index (χ1) is 15.7. The predicted molar refractivity (Wildman–Crippen MR) is 127 cm³/mol. The molecule has 0 fully saturated rings. The number of rotatable bonds is 6. The minimum absolute atomic E-state index is 0.237. The van der Waals surface area contributed by atoms with Crippen LogP contribution in [0.15, 0.2) is 83.8 Å². The fraction of sp³-hybridized carbons (Fsp3) is 0.0800. The zero-order valence-corrected chi connectivity index (χ0v) is 18.7. The highest BCUT2D eigenvalue weighted by atomic mass is 32.2. The third kappa shape index (κ3) is 4.91. The number of amides is 1. The maximum Gasteiger partial charge on any atom is 0.409 e. The topological polar surface area (TPSA) is 102 Å². The van der Waals surface area contributed by atoms with Crippen molar-refractivity contribution in [2.45, 2.75) is 4.90 Å². The van der Waals surface area contributed by atoms with Gasteiger partial charge in [0.1, 0.15) is 17.2 Å². The molecule has 0 unspecified atom stereocenters. The van der Waals surface area contributed by atoms with Crippen LogP contribution in [0.5, 0.6) is 17.2 Å². The molecule has 8 heteroatoms. The molecule has 4 rings (SSSR count). The Labute approximate surface area is 191 Å². The number of hydrogen-bond acceptors (Lipinski definition) is 5. The van der Waals surface area contributed by atoms with Gasteiger partial charge in [0.15, 0.2) is 9.84 Å². The van der Waals surface area contributed by atoms with E-state index in [1.165, 1.54) is 6.26 Å². The molecule has 0 heterocycles. The SMILES string of the molecule is COc1ccc2c(Oc3ccc(NC(=O)O)cc3)c(-c3ccc(S(C)(=O)=O)cc3)ccc2c1. The number of methoxy groups -OCH3 is 1. The number of hydrogen-bond donors (Lipinski definition) is 2. The minimum atomic E-state index is -3.31. The second-order valence-corrected chi connectivity index (χ2v) is 9.40. The zero-order chi connectivity index (χ0) is 23.6. The van der Waals surface area contributed by atoms with E-state index in [4.69, 9.17) is 14.6 Å². The number of anilines is 1. The Morgan fingerprint density at radius 3 is 2.15 bits per heavy atom. The molecule has 168 valence electrons. The van der Waals surface area contributed by atoms with E-state index in [9.17, 15) is 13.2 Å². The van der Waals surface area contributed by atoms with Gasteiger partial charge in [-0.3, -0.25) is 5.32 Å². The van der Waals surface area contributed by atoms with Crippen molar-refractivity contribution in [1.82, 2.24) is 0 Å². The van der Waals surface area contributed by atoms with E-state index >= 15 is 0 Å². The Balaban J connectivity index is 1.81. The number of fused-ring (bicyclic) bond motifs is 1. The van der Waals surface area contributed by atoms with Crippen molar-refractivity contribution >= 4 is 32.4 Å². The van der Waals surface area contributed by atoms with Crippen molar-refractivity contribution in [3.63, 3.8) is 0 Å². The van der Waals surface area contributed by atoms with E-state index in [0.29, 0.717) is 22.9 Å². The molecule has 7 nitrogen and oxygen atoms in total. The fourth-order valence-electron chi connectivity index (χ4n) is 3.47. The van der Waals surface area contributed by atoms with Crippen molar-refractivity contribution < 1.29 is 27.8 Å². The molecule has 4 aromatic rings. The Hall–Kier alpha value is -4.04. The molecule has 4 aromatic carbocycles. The van der Waals surface area contributed by atoms with E-state index < -0.39 is 15.9 Å². The Morgan fingerprint density at radius 1 is 0.879 bits per heavy atom. The van der Waals surface area contributed by atoms with E-state index in [-0.39, 0.29) is 4.90 Å². The maximum absolute atomic E-state index is 11.8. The van der Waals surface area contributed by atoms with Crippen molar-refractivity contribution in [2.75, 3.05) is 18.7 Å². The molecule has 0 saturated carbocycles. The largest absolute Gasteiger partial charge is 0.497 e. The Morgan fingerprint density at radius 2 is 1.55 bits per heavy atom. The Bertz CT molecular complexity index is 1430. The van der Waals surface area contributed by atoms with Crippen LogP contribution in [0.4, 0.5) is 10.5 Å². The summed E-state index contributed by atoms with van der Waals surface area (Å²) in [5.41, 5.74) is 1.99. The van der Waals surface area contributed by atoms with Gasteiger partial charge in [-0.2, -0.15) is 0 Å². The lowest BCUT2D eigenvalue weighted by atomic mass is 9.99. The summed E-state index contributed by atoms with van der Waals surface area (Å²) in [4.78, 5) is 11.1. The van der Waals surface area contributed by atoms with Gasteiger partial charge < -0.3 is 14.6 Å². The van der Waals surface area contributed by atoms with E-state index in [1.54, 1.807) is 55.6 Å². The molecule has 0 aliphatic heterocycles. The first kappa shape index (κ1) is 22.2. The smallest absolute Gasteiger partial charge is 0.409 e. The summed E-state index contributed by atoms with van der Waals surface area (Å²) in [5.74, 6) is 1.81. The summed E-state index contributed by atoms with van der Waals surface area (Å²) < 4.78 is 35.3. The van der Waals surface area contributed by atoms with Crippen LogP contribution in [0, 0.1) is 0 Å². The lowest BCUT2D eigenvalue weighted by Gasteiger charge is -2.16. The number of nitrogens with one attached hydrogen (secondary N) is 1. The molecule has 2 N–H and O–H groups in total. The quantitative estimate of drug-likeness (QED) is 0.375. The van der Waals surface area contributed by atoms with Gasteiger partial charge in [0.2, 0.25) is 0 Å². The molecule has 1 amide bonds. The van der Waals surface area contributed by atoms with Gasteiger partial charge in [-0.05, 0) is 71.6 Å². The van der Waals surface area contributed by atoms with Crippen LogP contribution in [0.3, 0.4) is 0 Å². The second-order valence-electron chi connectivity index (χ2n) is 7.38. The van der Waals surface area contributed by atoms with Gasteiger partial charge in [-0.25, -0.2) is 13.2 Å². The lowest BCUT2D eigenvalue weighted by molar-refractivity contribution is 0.209. The van der Waals surface area contributed by atoms with Crippen molar-refractivity contribution in [3.05, 3.63) is 78.9 Å². The summed E-state index contributed by atoms with van der Waals surface area (Å²) in [6.07, 6.45) is 0.0227. The van der Waals surface area contributed by atoms with Crippen LogP contribution in [-0.4, -0.2) is 33.0 Å². The number of carboxylic acid groups (broad SMARTS) is 1. The van der Waals surface area contributed by atoms with Crippen LogP contribution in [-0.2, 0) is 9.84 Å². The minimum Gasteiger partial charge on any atom is -0.497 e. The van der Waals surface area contributed by atoms with Crippen LogP contribution < -0.4 is 14.8 Å². The lowest BCUT2D eigenvalue weighted by Crippen LogP contribution is -2.06. The molecule has 0 aliphatic rings. The molecule has 0 spiro atoms. The summed E-state index contributed by atoms with van der Waals surface area (Å²) in [7, 11) is -1.71. The van der Waals surface area contributed by atoms with Gasteiger partial charge >= 0.3 is 6.09 Å². The molecule has 0 aliphatic carbocycles. The maximum atomic E-state index is 11.8. The summed E-state index contributed by atoms with van der Waals surface area (Å²) in [6.45, 7) is 0. The third-order valence-electron chi connectivity index (χ3n) is 5.10. The summed E-state index contributed by atoms with van der Waals surface area (Å²) in [5, 5.41) is 12.9. The fourth-order valence-corrected chi connectivity index (χ4v) is 4.10. The number of ether oxygens (including phenoxy) is 2. The van der Waals surface area contributed by atoms with E-state index in [2.05, 4.69) is 5.32 Å². The highest BCUT2D eigenvalue weighted by Gasteiger charge is 2.15. The molecular formula is C25H21NO6S. The molecule has 0 atom stereocenters. The normalized spacial score (nSPS) is 11.2. The van der Waals surface area contributed by atoms with Crippen LogP contribution in [0.2, 0.25) is 0 Å². The number of carbonyl (C=O) groups is 1. The molecule has 0 radical (unpaired) electrons. The van der Waals surface area contributed by atoms with E-state index in [0.717, 1.165) is 21.9 Å². The van der Waals surface area contributed by atoms with Gasteiger partial charge in [0.25, 0.3) is 0 Å². The highest BCUT2D eigenvalue weighted by Crippen LogP contribution is 2.41. The van der Waals surface area contributed by atoms with Crippen LogP contribution in [0.1, 0.15) is 0 Å². The van der Waals surface area contributed by atoms with Crippen molar-refractivity contribution in [1.29, 1.82) is 0 Å². The number of benzene rings is 4. The van der Waals surface area contributed by atoms with Crippen LogP contribution in [0.25, 0.3) is 21.9 Å². The third-order valence-corrected chi connectivity index (χ3v) is 6.22. The first-order valence-corrected chi connectivity index (χ1v) is 11.8. The molecular weight excluding hydrogens is 442 g/mol. The molecule has 0 aromatic heterocycles. The van der Waals surface area contributed by atoms with Gasteiger partial charge in [-0.1, -0.05) is 18.2 Å². The Kier molecular flexibility index (Phi) is 5.93. The second kappa shape index (κ2) is 8.84. The predicted octanol–water partition coefficient (Wildman–Crippen LogP) is 5.80. The molecule has 0 bridgehead atoms. The molecule has 33 heavy (non-hydrogen) atoms. The average Bonchev–Trinajstić information content (AvgIpc) is 2.79. The average molecular weight is 464 g/mol. The summed E-state index contributed by atoms with van der Waals surface area (Å²) in [6, 6.07) is 22.7. The van der Waals surface area contributed by atoms with Crippen LogP contribution >= 0.6 is 0 Å². The van der Waals surface area contributed by atoms with Gasteiger partial charge in [0.05, 0.1) is 12.0 Å².